The zero-order valence-corrected chi connectivity index (χ0v) is 13.9. The third kappa shape index (κ3) is 5.84. The Morgan fingerprint density at radius 2 is 1.96 bits per heavy atom. The fourth-order valence-electron chi connectivity index (χ4n) is 3.36. The number of carbonyl (C=O) groups excluding carboxylic acids is 1. The summed E-state index contributed by atoms with van der Waals surface area (Å²) >= 11 is 0. The highest BCUT2D eigenvalue weighted by molar-refractivity contribution is 5.73. The van der Waals surface area contributed by atoms with Gasteiger partial charge in [0.25, 0.3) is 0 Å². The van der Waals surface area contributed by atoms with Crippen LogP contribution in [0.2, 0.25) is 0 Å². The number of aliphatic hydroxyl groups is 1. The Bertz CT molecular complexity index is 472. The van der Waals surface area contributed by atoms with Crippen LogP contribution in [0.3, 0.4) is 0 Å². The largest absolute Gasteiger partial charge is 0.389 e. The molecular weight excluding hydrogens is 292 g/mol. The van der Waals surface area contributed by atoms with Crippen LogP contribution >= 0.6 is 0 Å². The van der Waals surface area contributed by atoms with Crippen LogP contribution in [-0.4, -0.2) is 44.0 Å². The predicted molar refractivity (Wildman–Crippen MR) is 90.3 cm³/mol. The van der Waals surface area contributed by atoms with Crippen molar-refractivity contribution in [2.75, 3.05) is 26.8 Å². The zero-order chi connectivity index (χ0) is 16.5. The van der Waals surface area contributed by atoms with Gasteiger partial charge in [-0.2, -0.15) is 0 Å². The van der Waals surface area contributed by atoms with E-state index in [4.69, 9.17) is 4.74 Å². The number of nitrogens with one attached hydrogen (secondary N) is 2. The SMILES string of the molecule is COCC(O)CNC(=O)NCC1(Cc2ccccc2)CCCC1. The molecule has 2 rings (SSSR count). The van der Waals surface area contributed by atoms with Crippen LogP contribution in [0.15, 0.2) is 30.3 Å². The van der Waals surface area contributed by atoms with Crippen molar-refractivity contribution < 1.29 is 14.6 Å². The number of amides is 2. The van der Waals surface area contributed by atoms with E-state index in [1.165, 1.54) is 25.5 Å². The standard InChI is InChI=1S/C18H28N2O3/c1-23-13-16(21)12-19-17(22)20-14-18(9-5-6-10-18)11-15-7-3-2-4-8-15/h2-4,7-8,16,21H,5-6,9-14H2,1H3,(H2,19,20,22). The lowest BCUT2D eigenvalue weighted by molar-refractivity contribution is 0.0659. The number of urea groups is 1. The molecule has 0 aromatic heterocycles. The summed E-state index contributed by atoms with van der Waals surface area (Å²) in [5, 5.41) is 15.2. The summed E-state index contributed by atoms with van der Waals surface area (Å²) in [7, 11) is 1.52. The maximum atomic E-state index is 11.9. The first-order chi connectivity index (χ1) is 11.1. The van der Waals surface area contributed by atoms with Gasteiger partial charge in [-0.15, -0.1) is 0 Å². The topological polar surface area (TPSA) is 70.6 Å². The monoisotopic (exact) mass is 320 g/mol. The number of ether oxygens (including phenoxy) is 1. The minimum atomic E-state index is -0.671. The summed E-state index contributed by atoms with van der Waals surface area (Å²) in [5.74, 6) is 0. The number of hydrogen-bond acceptors (Lipinski definition) is 3. The van der Waals surface area contributed by atoms with Crippen molar-refractivity contribution in [3.63, 3.8) is 0 Å². The van der Waals surface area contributed by atoms with Gasteiger partial charge in [-0.3, -0.25) is 0 Å². The average Bonchev–Trinajstić information content (AvgIpc) is 3.01. The van der Waals surface area contributed by atoms with Crippen LogP contribution in [0.1, 0.15) is 31.2 Å². The molecule has 23 heavy (non-hydrogen) atoms. The van der Waals surface area contributed by atoms with E-state index >= 15 is 0 Å². The van der Waals surface area contributed by atoms with E-state index in [9.17, 15) is 9.90 Å². The molecule has 0 spiro atoms. The average molecular weight is 320 g/mol. The number of methoxy groups -OCH3 is 1. The van der Waals surface area contributed by atoms with Crippen LogP contribution in [0.25, 0.3) is 0 Å². The Kier molecular flexibility index (Phi) is 6.86. The number of rotatable bonds is 8. The molecule has 1 aliphatic carbocycles. The van der Waals surface area contributed by atoms with Gasteiger partial charge in [-0.1, -0.05) is 43.2 Å². The van der Waals surface area contributed by atoms with Gasteiger partial charge in [0.2, 0.25) is 0 Å². The zero-order valence-electron chi connectivity index (χ0n) is 13.9. The molecule has 1 atom stereocenters. The second kappa shape index (κ2) is 8.89. The molecule has 0 aliphatic heterocycles. The Labute approximate surface area is 138 Å². The fourth-order valence-corrected chi connectivity index (χ4v) is 3.36. The molecule has 1 unspecified atom stereocenters. The molecule has 5 nitrogen and oxygen atoms in total. The van der Waals surface area contributed by atoms with Crippen molar-refractivity contribution in [2.24, 2.45) is 5.41 Å². The van der Waals surface area contributed by atoms with Gasteiger partial charge >= 0.3 is 6.03 Å². The molecular formula is C18H28N2O3. The van der Waals surface area contributed by atoms with Gasteiger partial charge < -0.3 is 20.5 Å². The van der Waals surface area contributed by atoms with E-state index in [0.717, 1.165) is 19.3 Å². The highest BCUT2D eigenvalue weighted by atomic mass is 16.5. The van der Waals surface area contributed by atoms with Crippen LogP contribution in [0, 0.1) is 5.41 Å². The van der Waals surface area contributed by atoms with Gasteiger partial charge in [0.15, 0.2) is 0 Å². The summed E-state index contributed by atoms with van der Waals surface area (Å²) in [6, 6.07) is 10.2. The molecule has 1 fully saturated rings. The molecule has 5 heteroatoms. The van der Waals surface area contributed by atoms with Crippen LogP contribution in [0.5, 0.6) is 0 Å². The minimum Gasteiger partial charge on any atom is -0.389 e. The van der Waals surface area contributed by atoms with E-state index < -0.39 is 6.10 Å². The number of aliphatic hydroxyl groups excluding tert-OH is 1. The second-order valence-corrected chi connectivity index (χ2v) is 6.54. The highest BCUT2D eigenvalue weighted by Crippen LogP contribution is 2.40. The molecule has 0 heterocycles. The van der Waals surface area contributed by atoms with Gasteiger partial charge in [0.1, 0.15) is 0 Å². The van der Waals surface area contributed by atoms with Crippen molar-refractivity contribution in [1.82, 2.24) is 10.6 Å². The van der Waals surface area contributed by atoms with Crippen LogP contribution in [0.4, 0.5) is 4.79 Å². The summed E-state index contributed by atoms with van der Waals surface area (Å²) in [4.78, 5) is 11.9. The number of carbonyl (C=O) groups is 1. The number of benzene rings is 1. The van der Waals surface area contributed by atoms with Gasteiger partial charge in [0, 0.05) is 20.2 Å². The minimum absolute atomic E-state index is 0.157. The van der Waals surface area contributed by atoms with Crippen molar-refractivity contribution in [2.45, 2.75) is 38.2 Å². The van der Waals surface area contributed by atoms with Crippen molar-refractivity contribution in [3.8, 4) is 0 Å². The summed E-state index contributed by atoms with van der Waals surface area (Å²) in [6.07, 6.45) is 5.07. The molecule has 2 amide bonds. The van der Waals surface area contributed by atoms with Gasteiger partial charge in [-0.05, 0) is 30.2 Å². The quantitative estimate of drug-likeness (QED) is 0.687. The van der Waals surface area contributed by atoms with Crippen molar-refractivity contribution >= 4 is 6.03 Å². The third-order valence-corrected chi connectivity index (χ3v) is 4.57. The molecule has 1 aromatic rings. The van der Waals surface area contributed by atoms with E-state index in [1.807, 2.05) is 6.07 Å². The Morgan fingerprint density at radius 1 is 1.26 bits per heavy atom. The van der Waals surface area contributed by atoms with E-state index in [-0.39, 0.29) is 24.6 Å². The lowest BCUT2D eigenvalue weighted by atomic mass is 9.80. The summed E-state index contributed by atoms with van der Waals surface area (Å²) in [5.41, 5.74) is 1.48. The summed E-state index contributed by atoms with van der Waals surface area (Å²) in [6.45, 7) is 1.09. The van der Waals surface area contributed by atoms with E-state index in [1.54, 1.807) is 0 Å². The predicted octanol–water partition coefficient (Wildman–Crippen LogP) is 2.10. The molecule has 0 saturated heterocycles. The van der Waals surface area contributed by atoms with Crippen molar-refractivity contribution in [3.05, 3.63) is 35.9 Å². The Hall–Kier alpha value is -1.59. The lowest BCUT2D eigenvalue weighted by Crippen LogP contribution is -2.45. The molecule has 0 bridgehead atoms. The molecule has 128 valence electrons. The maximum Gasteiger partial charge on any atom is 0.314 e. The first-order valence-corrected chi connectivity index (χ1v) is 8.36. The van der Waals surface area contributed by atoms with Crippen molar-refractivity contribution in [1.29, 1.82) is 0 Å². The molecule has 3 N–H and O–H groups in total. The van der Waals surface area contributed by atoms with E-state index in [0.29, 0.717) is 6.54 Å². The molecule has 0 radical (unpaired) electrons. The number of hydrogen-bond donors (Lipinski definition) is 3. The maximum absolute atomic E-state index is 11.9. The Morgan fingerprint density at radius 3 is 2.61 bits per heavy atom. The van der Waals surface area contributed by atoms with E-state index in [2.05, 4.69) is 34.9 Å². The van der Waals surface area contributed by atoms with Gasteiger partial charge in [-0.25, -0.2) is 4.79 Å². The first-order valence-electron chi connectivity index (χ1n) is 8.36. The summed E-state index contributed by atoms with van der Waals surface area (Å²) < 4.78 is 4.84. The normalized spacial score (nSPS) is 17.7. The van der Waals surface area contributed by atoms with Gasteiger partial charge in [0.05, 0.1) is 12.7 Å². The van der Waals surface area contributed by atoms with Crippen LogP contribution in [-0.2, 0) is 11.2 Å². The molecule has 1 saturated carbocycles. The fraction of sp³-hybridized carbons (Fsp3) is 0.611. The smallest absolute Gasteiger partial charge is 0.314 e. The Balaban J connectivity index is 1.81. The lowest BCUT2D eigenvalue weighted by Gasteiger charge is -2.29. The third-order valence-electron chi connectivity index (χ3n) is 4.57. The highest BCUT2D eigenvalue weighted by Gasteiger charge is 2.34. The second-order valence-electron chi connectivity index (χ2n) is 6.54. The van der Waals surface area contributed by atoms with Crippen LogP contribution < -0.4 is 10.6 Å². The molecule has 1 aliphatic rings. The first kappa shape index (κ1) is 17.8. The molecule has 1 aromatic carbocycles.